The summed E-state index contributed by atoms with van der Waals surface area (Å²) in [6.07, 6.45) is 4.72. The third-order valence-electron chi connectivity index (χ3n) is 14.1. The number of ether oxygens (including phenoxy) is 3. The number of rotatable bonds is 16. The van der Waals surface area contributed by atoms with Crippen LogP contribution in [0, 0.1) is 11.8 Å². The minimum absolute atomic E-state index is 0.0186. The molecule has 4 aliphatic heterocycles. The molecule has 2 saturated carbocycles. The second kappa shape index (κ2) is 28.8. The summed E-state index contributed by atoms with van der Waals surface area (Å²) >= 11 is 0. The Morgan fingerprint density at radius 1 is 0.595 bits per heavy atom. The van der Waals surface area contributed by atoms with Crippen molar-refractivity contribution in [2.75, 3.05) is 49.6 Å². The first kappa shape index (κ1) is 61.2. The van der Waals surface area contributed by atoms with Gasteiger partial charge in [0.25, 0.3) is 0 Å². The first-order chi connectivity index (χ1) is 38.1. The number of fused-ring (bicyclic) bond motifs is 6. The van der Waals surface area contributed by atoms with Crippen LogP contribution in [0.1, 0.15) is 63.9 Å². The molecular weight excluding hydrogens is 1070 g/mol. The van der Waals surface area contributed by atoms with Crippen LogP contribution < -0.4 is 20.1 Å². The summed E-state index contributed by atoms with van der Waals surface area (Å²) in [5.74, 6) is -2.64. The number of benzene rings is 4. The lowest BCUT2D eigenvalue weighted by Gasteiger charge is -2.49. The van der Waals surface area contributed by atoms with Gasteiger partial charge in [-0.2, -0.15) is 8.61 Å². The minimum atomic E-state index is -3.94. The van der Waals surface area contributed by atoms with E-state index in [2.05, 4.69) is 10.6 Å². The van der Waals surface area contributed by atoms with E-state index in [4.69, 9.17) is 20.7 Å². The summed E-state index contributed by atoms with van der Waals surface area (Å²) in [5, 5.41) is 22.2. The second-order valence-electron chi connectivity index (χ2n) is 19.5. The predicted octanol–water partition coefficient (Wildman–Crippen LogP) is 5.26. The van der Waals surface area contributed by atoms with Crippen LogP contribution in [0.4, 0.5) is 14.0 Å². The Kier molecular flexibility index (Phi) is 22.3. The van der Waals surface area contributed by atoms with E-state index in [0.717, 1.165) is 20.0 Å². The molecule has 4 N–H and O–H groups in total. The number of amides is 4. The first-order valence-corrected chi connectivity index (χ1v) is 28.3. The Bertz CT molecular complexity index is 2930. The van der Waals surface area contributed by atoms with Gasteiger partial charge in [0.1, 0.15) is 35.7 Å². The minimum Gasteiger partial charge on any atom is -0.480 e. The van der Waals surface area contributed by atoms with Crippen molar-refractivity contribution in [1.82, 2.24) is 29.0 Å². The van der Waals surface area contributed by atoms with Gasteiger partial charge in [0.2, 0.25) is 31.9 Å². The van der Waals surface area contributed by atoms with E-state index in [9.17, 15) is 55.1 Å². The van der Waals surface area contributed by atoms with Crippen LogP contribution in [0.15, 0.2) is 119 Å². The van der Waals surface area contributed by atoms with Crippen molar-refractivity contribution in [3.8, 4) is 11.5 Å². The first-order valence-electron chi connectivity index (χ1n) is 26.2. The summed E-state index contributed by atoms with van der Waals surface area (Å²) in [5.41, 5.74) is 1.31. The van der Waals surface area contributed by atoms with Gasteiger partial charge in [0, 0.05) is 60.2 Å². The van der Waals surface area contributed by atoms with Crippen molar-refractivity contribution in [3.05, 3.63) is 120 Å². The van der Waals surface area contributed by atoms with E-state index in [1.165, 1.54) is 49.8 Å². The molecule has 4 aromatic carbocycles. The van der Waals surface area contributed by atoms with Crippen LogP contribution in [0.25, 0.3) is 0 Å². The van der Waals surface area contributed by atoms with Crippen molar-refractivity contribution < 1.29 is 75.8 Å². The number of aliphatic hydroxyl groups excluding tert-OH is 1. The standard InChI is InChI=1S/C27H33N3O7S.C26H31N3O7S.CH3F.CH4O/c1-29(2)27(33)37-21-15-9-18(10-16-21)17-23(26(32)36-3)28-25(31)24-19-11-13-20(14-12-19)30(24)38(34,35)22-7-5-4-6-8-22;1-28(2)26(33)36-20-14-8-17(9-15-20)16-22(25(31)32)27-24(30)23-18-10-12-19(13-11-18)29(23)37(34,35)21-6-4-3-5-7-21;2*1-2/h4-10,15-16,19-20,23-24H,11-14,17H2,1-3H3,(H,28,31);3-9,14-15,18-19,22-23H,10-13,16H2,1-2H3,(H,27,30)(H,31,32);1H3;2H,1H3/t19?,20?,23-,24-;18?,19?,22-,23-;;/m00../s1/i;;1D;. The summed E-state index contributed by atoms with van der Waals surface area (Å²) in [7, 11) is -0.362. The number of sulfonamides is 2. The number of carboxylic acids is 1. The summed E-state index contributed by atoms with van der Waals surface area (Å²) in [4.78, 5) is 78.1. The largest absolute Gasteiger partial charge is 0.480 e. The molecule has 0 unspecified atom stereocenters. The molecule has 4 amide bonds. The number of methoxy groups -OCH3 is 1. The van der Waals surface area contributed by atoms with Gasteiger partial charge in [-0.3, -0.25) is 14.0 Å². The number of nitrogens with zero attached hydrogens (tertiary/aromatic N) is 4. The predicted molar refractivity (Wildman–Crippen MR) is 288 cm³/mol. The normalized spacial score (nSPS) is 21.2. The van der Waals surface area contributed by atoms with Gasteiger partial charge in [-0.05, 0) is 123 Å². The number of carbonyl (C=O) groups excluding carboxylic acids is 5. The Morgan fingerprint density at radius 3 is 1.24 bits per heavy atom. The zero-order valence-corrected chi connectivity index (χ0v) is 46.6. The molecule has 4 saturated heterocycles. The highest BCUT2D eigenvalue weighted by molar-refractivity contribution is 7.89. The zero-order chi connectivity index (χ0) is 58.9. The number of aliphatic carboxylic acids is 1. The fourth-order valence-corrected chi connectivity index (χ4v) is 14.1. The van der Waals surface area contributed by atoms with Crippen molar-refractivity contribution in [2.24, 2.45) is 11.8 Å². The van der Waals surface area contributed by atoms with Gasteiger partial charge in [0.05, 0.1) is 25.4 Å². The van der Waals surface area contributed by atoms with E-state index >= 15 is 0 Å². The smallest absolute Gasteiger partial charge is 0.414 e. The number of nitrogens with one attached hydrogen (secondary N) is 2. The number of hydrogen-bond donors (Lipinski definition) is 4. The number of hydrogen-bond acceptors (Lipinski definition) is 14. The molecule has 6 fully saturated rings. The van der Waals surface area contributed by atoms with Gasteiger partial charge in [-0.15, -0.1) is 0 Å². The number of carboxylic acid groups (broad SMARTS) is 1. The Balaban J connectivity index is 0.000000272. The molecule has 0 spiro atoms. The highest BCUT2D eigenvalue weighted by Gasteiger charge is 2.53. The van der Waals surface area contributed by atoms with E-state index in [1.54, 1.807) is 113 Å². The summed E-state index contributed by atoms with van der Waals surface area (Å²) in [6.45, 7) is 0. The lowest BCUT2D eigenvalue weighted by molar-refractivity contribution is -0.146. The van der Waals surface area contributed by atoms with Crippen molar-refractivity contribution >= 4 is 56.0 Å². The van der Waals surface area contributed by atoms with Gasteiger partial charge in [-0.25, -0.2) is 36.0 Å². The van der Waals surface area contributed by atoms with Crippen LogP contribution in [-0.4, -0.2) is 167 Å². The Labute approximate surface area is 462 Å². The van der Waals surface area contributed by atoms with Crippen LogP contribution in [0.3, 0.4) is 0 Å². The second-order valence-corrected chi connectivity index (χ2v) is 23.2. The SMILES string of the molecule is CN(C)C(=O)Oc1ccc(C[C@H](NC(=O)[C@@H]2C3CCC(CC3)N2S(=O)(=O)c2ccccc2)C(=O)O)cc1.CO.COC(=O)[C@H](Cc1ccc(OC(=O)N(C)C)cc1)NC(=O)[C@@H]1C2CCC(CC2)N1S(=O)(=O)c1ccccc1.[2H]CF. The number of piperidine rings is 4. The van der Waals surface area contributed by atoms with Crippen LogP contribution in [0.2, 0.25) is 0 Å². The molecule has 24 heteroatoms. The quantitative estimate of drug-likeness (QED) is 0.104. The van der Waals surface area contributed by atoms with E-state index in [-0.39, 0.29) is 46.6 Å². The molecule has 10 rings (SSSR count). The monoisotopic (exact) mass is 1140 g/mol. The van der Waals surface area contributed by atoms with Crippen LogP contribution in [0.5, 0.6) is 11.5 Å². The fourth-order valence-electron chi connectivity index (χ4n) is 10.3. The number of halogens is 1. The molecule has 21 nitrogen and oxygen atoms in total. The molecule has 4 aromatic rings. The number of esters is 1. The zero-order valence-electron chi connectivity index (χ0n) is 46.0. The van der Waals surface area contributed by atoms with Crippen LogP contribution in [-0.2, 0) is 56.8 Å². The molecule has 2 aliphatic carbocycles. The maximum atomic E-state index is 13.6. The van der Waals surface area contributed by atoms with Crippen LogP contribution >= 0.6 is 0 Å². The highest BCUT2D eigenvalue weighted by Crippen LogP contribution is 2.44. The molecular formula is C55H71FN6O15S2. The molecule has 79 heavy (non-hydrogen) atoms. The topological polar surface area (TPSA) is 276 Å². The van der Waals surface area contributed by atoms with Gasteiger partial charge in [-0.1, -0.05) is 60.7 Å². The number of carbonyl (C=O) groups is 6. The van der Waals surface area contributed by atoms with E-state index < -0.39 is 87.3 Å². The summed E-state index contributed by atoms with van der Waals surface area (Å²) < 4.78 is 87.8. The lowest BCUT2D eigenvalue weighted by Crippen LogP contribution is -2.63. The molecule has 4 bridgehead atoms. The van der Waals surface area contributed by atoms with Crippen molar-refractivity contribution in [1.29, 1.82) is 0 Å². The average molecular weight is 1140 g/mol. The van der Waals surface area contributed by atoms with E-state index in [1.807, 2.05) is 0 Å². The third-order valence-corrected chi connectivity index (χ3v) is 18.0. The number of alkyl halides is 1. The molecule has 4 heterocycles. The van der Waals surface area contributed by atoms with Gasteiger partial charge < -0.3 is 44.9 Å². The molecule has 430 valence electrons. The molecule has 4 atom stereocenters. The average Bonchev–Trinajstić information content (AvgIpc) is 3.54. The fraction of sp³-hybridized carbons (Fsp3) is 0.455. The van der Waals surface area contributed by atoms with Gasteiger partial charge >= 0.3 is 24.1 Å². The third kappa shape index (κ3) is 15.6. The van der Waals surface area contributed by atoms with Crippen molar-refractivity contribution in [3.63, 3.8) is 0 Å². The maximum absolute atomic E-state index is 13.6. The molecule has 0 aromatic heterocycles. The van der Waals surface area contributed by atoms with Crippen molar-refractivity contribution in [2.45, 2.75) is 110 Å². The lowest BCUT2D eigenvalue weighted by atomic mass is 9.76. The van der Waals surface area contributed by atoms with Gasteiger partial charge in [0.15, 0.2) is 0 Å². The maximum Gasteiger partial charge on any atom is 0.414 e. The highest BCUT2D eigenvalue weighted by atomic mass is 32.2. The molecule has 0 radical (unpaired) electrons. The van der Waals surface area contributed by atoms with E-state index in [0.29, 0.717) is 61.2 Å². The number of aliphatic hydroxyl groups is 1. The Hall–Kier alpha value is -6.99. The molecule has 6 aliphatic rings. The Morgan fingerprint density at radius 2 is 0.924 bits per heavy atom. The summed E-state index contributed by atoms with van der Waals surface area (Å²) in [6, 6.07) is 24.3.